The lowest BCUT2D eigenvalue weighted by Crippen LogP contribution is -2.49. The molecule has 0 saturated heterocycles. The molecule has 5 nitrogen and oxygen atoms in total. The molecular weight excluding hydrogens is 206 g/mol. The van der Waals surface area contributed by atoms with Crippen molar-refractivity contribution >= 4 is 11.8 Å². The van der Waals surface area contributed by atoms with E-state index in [0.29, 0.717) is 0 Å². The van der Waals surface area contributed by atoms with E-state index in [9.17, 15) is 9.59 Å². The zero-order valence-electron chi connectivity index (χ0n) is 9.90. The van der Waals surface area contributed by atoms with Gasteiger partial charge >= 0.3 is 0 Å². The number of amides is 2. The first kappa shape index (κ1) is 13.0. The molecule has 0 aromatic heterocycles. The highest BCUT2D eigenvalue weighted by atomic mass is 16.2. The second-order valence-corrected chi connectivity index (χ2v) is 4.69. The molecule has 5 N–H and O–H groups in total. The van der Waals surface area contributed by atoms with Crippen LogP contribution in [-0.2, 0) is 9.59 Å². The minimum absolute atomic E-state index is 0.0772. The zero-order chi connectivity index (χ0) is 12.3. The molecule has 5 heteroatoms. The normalized spacial score (nSPS) is 31.8. The topological polar surface area (TPSA) is 98.2 Å². The summed E-state index contributed by atoms with van der Waals surface area (Å²) in [6, 6.07) is -0.536. The molecule has 1 aliphatic rings. The fourth-order valence-electron chi connectivity index (χ4n) is 2.16. The monoisotopic (exact) mass is 227 g/mol. The van der Waals surface area contributed by atoms with Crippen LogP contribution in [0.4, 0.5) is 0 Å². The average molecular weight is 227 g/mol. The van der Waals surface area contributed by atoms with Crippen molar-refractivity contribution in [1.29, 1.82) is 0 Å². The molecule has 1 fully saturated rings. The first-order valence-corrected chi connectivity index (χ1v) is 5.78. The van der Waals surface area contributed by atoms with E-state index < -0.39 is 11.9 Å². The summed E-state index contributed by atoms with van der Waals surface area (Å²) in [6.07, 6.45) is 2.77. The average Bonchev–Trinajstić information content (AvgIpc) is 2.21. The summed E-state index contributed by atoms with van der Waals surface area (Å²) >= 11 is 0. The molecule has 0 radical (unpaired) electrons. The van der Waals surface area contributed by atoms with E-state index in [2.05, 4.69) is 5.32 Å². The summed E-state index contributed by atoms with van der Waals surface area (Å²) in [6.45, 7) is 3.58. The van der Waals surface area contributed by atoms with Gasteiger partial charge in [0.15, 0.2) is 0 Å². The van der Waals surface area contributed by atoms with Crippen molar-refractivity contribution < 1.29 is 9.59 Å². The van der Waals surface area contributed by atoms with E-state index in [-0.39, 0.29) is 23.8 Å². The maximum absolute atomic E-state index is 11.9. The van der Waals surface area contributed by atoms with Crippen LogP contribution in [0.5, 0.6) is 0 Å². The van der Waals surface area contributed by atoms with E-state index in [1.165, 1.54) is 0 Å². The number of nitrogens with one attached hydrogen (secondary N) is 1. The van der Waals surface area contributed by atoms with E-state index in [4.69, 9.17) is 11.5 Å². The first-order chi connectivity index (χ1) is 7.43. The third-order valence-corrected chi connectivity index (χ3v) is 3.48. The Morgan fingerprint density at radius 1 is 1.38 bits per heavy atom. The fraction of sp³-hybridized carbons (Fsp3) is 0.818. The van der Waals surface area contributed by atoms with Gasteiger partial charge in [0.1, 0.15) is 6.04 Å². The van der Waals surface area contributed by atoms with Crippen LogP contribution in [-0.4, -0.2) is 23.9 Å². The summed E-state index contributed by atoms with van der Waals surface area (Å²) in [7, 11) is 0. The number of hydrogen-bond donors (Lipinski definition) is 3. The van der Waals surface area contributed by atoms with Crippen molar-refractivity contribution in [3.8, 4) is 0 Å². The van der Waals surface area contributed by atoms with Gasteiger partial charge in [-0.25, -0.2) is 0 Å². The Labute approximate surface area is 95.9 Å². The SMILES string of the molecule is CC(NC(=O)C1CCCC(N)C1C)C(N)=O. The van der Waals surface area contributed by atoms with Gasteiger partial charge in [-0.3, -0.25) is 9.59 Å². The van der Waals surface area contributed by atoms with Gasteiger partial charge in [0.05, 0.1) is 0 Å². The van der Waals surface area contributed by atoms with E-state index in [1.54, 1.807) is 6.92 Å². The number of rotatable bonds is 3. The molecule has 1 rings (SSSR count). The second kappa shape index (κ2) is 5.30. The van der Waals surface area contributed by atoms with Crippen LogP contribution in [0.1, 0.15) is 33.1 Å². The fourth-order valence-corrected chi connectivity index (χ4v) is 2.16. The first-order valence-electron chi connectivity index (χ1n) is 5.78. The van der Waals surface area contributed by atoms with E-state index in [1.807, 2.05) is 6.92 Å². The summed E-state index contributed by atoms with van der Waals surface area (Å²) < 4.78 is 0. The van der Waals surface area contributed by atoms with Crippen molar-refractivity contribution in [3.63, 3.8) is 0 Å². The van der Waals surface area contributed by atoms with Crippen LogP contribution < -0.4 is 16.8 Å². The standard InChI is InChI=1S/C11H21N3O2/c1-6-8(4-3-5-9(6)12)11(16)14-7(2)10(13)15/h6-9H,3-5,12H2,1-2H3,(H2,13,15)(H,14,16). The summed E-state index contributed by atoms with van der Waals surface area (Å²) in [5.41, 5.74) is 11.0. The van der Waals surface area contributed by atoms with Crippen LogP contribution in [0.2, 0.25) is 0 Å². The second-order valence-electron chi connectivity index (χ2n) is 4.69. The minimum Gasteiger partial charge on any atom is -0.368 e. The molecule has 1 saturated carbocycles. The molecular formula is C11H21N3O2. The Bertz CT molecular complexity index is 280. The predicted octanol–water partition coefficient (Wildman–Crippen LogP) is -0.260. The van der Waals surface area contributed by atoms with Gasteiger partial charge in [-0.1, -0.05) is 13.3 Å². The van der Waals surface area contributed by atoms with Crippen molar-refractivity contribution in [2.24, 2.45) is 23.3 Å². The number of carbonyl (C=O) groups is 2. The Morgan fingerprint density at radius 2 is 2.00 bits per heavy atom. The maximum atomic E-state index is 11.9. The van der Waals surface area contributed by atoms with E-state index in [0.717, 1.165) is 19.3 Å². The van der Waals surface area contributed by atoms with Gasteiger partial charge in [0.2, 0.25) is 11.8 Å². The van der Waals surface area contributed by atoms with E-state index >= 15 is 0 Å². The zero-order valence-corrected chi connectivity index (χ0v) is 9.90. The van der Waals surface area contributed by atoms with Crippen LogP contribution >= 0.6 is 0 Å². The molecule has 4 unspecified atom stereocenters. The number of primary amides is 1. The minimum atomic E-state index is -0.613. The van der Waals surface area contributed by atoms with Crippen molar-refractivity contribution in [3.05, 3.63) is 0 Å². The summed E-state index contributed by atoms with van der Waals surface area (Å²) in [5.74, 6) is -0.547. The molecule has 0 bridgehead atoms. The summed E-state index contributed by atoms with van der Waals surface area (Å²) in [4.78, 5) is 22.7. The van der Waals surface area contributed by atoms with Gasteiger partial charge < -0.3 is 16.8 Å². The van der Waals surface area contributed by atoms with Crippen LogP contribution in [0.3, 0.4) is 0 Å². The molecule has 0 aromatic carbocycles. The third kappa shape index (κ3) is 2.95. The quantitative estimate of drug-likeness (QED) is 0.619. The highest BCUT2D eigenvalue weighted by Gasteiger charge is 2.33. The van der Waals surface area contributed by atoms with Gasteiger partial charge in [-0.2, -0.15) is 0 Å². The smallest absolute Gasteiger partial charge is 0.239 e. The molecule has 1 aliphatic carbocycles. The van der Waals surface area contributed by atoms with Crippen molar-refractivity contribution in [2.45, 2.75) is 45.2 Å². The number of hydrogen-bond acceptors (Lipinski definition) is 3. The van der Waals surface area contributed by atoms with Crippen LogP contribution in [0.15, 0.2) is 0 Å². The Hall–Kier alpha value is -1.10. The van der Waals surface area contributed by atoms with Gasteiger partial charge in [0, 0.05) is 12.0 Å². The lowest BCUT2D eigenvalue weighted by atomic mass is 9.77. The van der Waals surface area contributed by atoms with Gasteiger partial charge in [-0.05, 0) is 25.7 Å². The van der Waals surface area contributed by atoms with Gasteiger partial charge in [-0.15, -0.1) is 0 Å². The highest BCUT2D eigenvalue weighted by molar-refractivity contribution is 5.87. The Morgan fingerprint density at radius 3 is 2.56 bits per heavy atom. The Balaban J connectivity index is 2.56. The third-order valence-electron chi connectivity index (χ3n) is 3.48. The van der Waals surface area contributed by atoms with Crippen molar-refractivity contribution in [1.82, 2.24) is 5.32 Å². The lowest BCUT2D eigenvalue weighted by Gasteiger charge is -2.33. The largest absolute Gasteiger partial charge is 0.368 e. The molecule has 0 aliphatic heterocycles. The molecule has 92 valence electrons. The molecule has 0 aromatic rings. The predicted molar refractivity (Wildman–Crippen MR) is 61.3 cm³/mol. The molecule has 0 spiro atoms. The molecule has 16 heavy (non-hydrogen) atoms. The van der Waals surface area contributed by atoms with Crippen molar-refractivity contribution in [2.75, 3.05) is 0 Å². The Kier molecular flexibility index (Phi) is 4.29. The van der Waals surface area contributed by atoms with Gasteiger partial charge in [0.25, 0.3) is 0 Å². The summed E-state index contributed by atoms with van der Waals surface area (Å²) in [5, 5.41) is 2.63. The maximum Gasteiger partial charge on any atom is 0.239 e. The molecule has 0 heterocycles. The van der Waals surface area contributed by atoms with Crippen LogP contribution in [0, 0.1) is 11.8 Å². The number of carbonyl (C=O) groups excluding carboxylic acids is 2. The molecule has 2 amide bonds. The molecule has 4 atom stereocenters. The number of nitrogens with two attached hydrogens (primary N) is 2. The van der Waals surface area contributed by atoms with Crippen LogP contribution in [0.25, 0.3) is 0 Å². The lowest BCUT2D eigenvalue weighted by molar-refractivity contribution is -0.131. The highest BCUT2D eigenvalue weighted by Crippen LogP contribution is 2.29.